The molecule has 35 heavy (non-hydrogen) atoms. The summed E-state index contributed by atoms with van der Waals surface area (Å²) < 4.78 is 26.4. The van der Waals surface area contributed by atoms with E-state index in [0.717, 1.165) is 10.6 Å². The lowest BCUT2D eigenvalue weighted by Gasteiger charge is -2.33. The number of sulfonamides is 1. The minimum absolute atomic E-state index is 0.00894. The number of carbonyl (C=O) groups is 2. The van der Waals surface area contributed by atoms with Crippen LogP contribution in [0.5, 0.6) is 0 Å². The largest absolute Gasteiger partial charge is 0.352 e. The summed E-state index contributed by atoms with van der Waals surface area (Å²) in [6, 6.07) is 8.71. The Morgan fingerprint density at radius 3 is 2.26 bits per heavy atom. The number of nitrogens with zero attached hydrogens (tertiary/aromatic N) is 2. The van der Waals surface area contributed by atoms with Crippen LogP contribution in [-0.2, 0) is 26.2 Å². The fourth-order valence-corrected chi connectivity index (χ4v) is 5.13. The van der Waals surface area contributed by atoms with Gasteiger partial charge >= 0.3 is 0 Å². The van der Waals surface area contributed by atoms with Crippen LogP contribution in [0, 0.1) is 6.92 Å². The summed E-state index contributed by atoms with van der Waals surface area (Å²) in [5.74, 6) is -0.905. The average molecular weight is 563 g/mol. The van der Waals surface area contributed by atoms with Gasteiger partial charge in [-0.3, -0.25) is 13.9 Å². The van der Waals surface area contributed by atoms with Crippen molar-refractivity contribution in [3.05, 3.63) is 62.6 Å². The Balaban J connectivity index is 2.52. The first-order valence-electron chi connectivity index (χ1n) is 11.0. The number of anilines is 1. The zero-order valence-electron chi connectivity index (χ0n) is 20.3. The molecule has 2 rings (SSSR count). The summed E-state index contributed by atoms with van der Waals surface area (Å²) in [5.41, 5.74) is 1.38. The van der Waals surface area contributed by atoms with Crippen LogP contribution in [0.2, 0.25) is 15.1 Å². The Morgan fingerprint density at radius 1 is 1.06 bits per heavy atom. The fourth-order valence-electron chi connectivity index (χ4n) is 3.59. The third kappa shape index (κ3) is 7.74. The molecule has 0 radical (unpaired) electrons. The molecule has 1 N–H and O–H groups in total. The Morgan fingerprint density at radius 2 is 1.71 bits per heavy atom. The van der Waals surface area contributed by atoms with Gasteiger partial charge in [-0.05, 0) is 62.6 Å². The molecular weight excluding hydrogens is 533 g/mol. The van der Waals surface area contributed by atoms with Crippen molar-refractivity contribution < 1.29 is 18.0 Å². The monoisotopic (exact) mass is 561 g/mol. The van der Waals surface area contributed by atoms with Gasteiger partial charge in [0.1, 0.15) is 12.6 Å². The molecule has 0 spiro atoms. The van der Waals surface area contributed by atoms with Gasteiger partial charge in [0.25, 0.3) is 0 Å². The van der Waals surface area contributed by atoms with Gasteiger partial charge in [-0.15, -0.1) is 0 Å². The number of halogens is 3. The molecular formula is C24H30Cl3N3O4S. The third-order valence-electron chi connectivity index (χ3n) is 5.36. The molecule has 192 valence electrons. The predicted octanol–water partition coefficient (Wildman–Crippen LogP) is 5.05. The van der Waals surface area contributed by atoms with Crippen LogP contribution in [-0.4, -0.2) is 50.0 Å². The number of hydrogen-bond donors (Lipinski definition) is 1. The number of hydrogen-bond acceptors (Lipinski definition) is 4. The molecule has 0 fully saturated rings. The van der Waals surface area contributed by atoms with E-state index in [4.69, 9.17) is 34.8 Å². The lowest BCUT2D eigenvalue weighted by molar-refractivity contribution is -0.140. The molecule has 2 aromatic rings. The molecule has 7 nitrogen and oxygen atoms in total. The maximum Gasteiger partial charge on any atom is 0.244 e. The van der Waals surface area contributed by atoms with Crippen LogP contribution < -0.4 is 9.62 Å². The normalized spacial score (nSPS) is 12.4. The molecule has 0 heterocycles. The second-order valence-electron chi connectivity index (χ2n) is 8.50. The Hall–Kier alpha value is -2.00. The summed E-state index contributed by atoms with van der Waals surface area (Å²) in [7, 11) is -3.86. The highest BCUT2D eigenvalue weighted by atomic mass is 35.5. The highest BCUT2D eigenvalue weighted by Gasteiger charge is 2.32. The molecule has 0 aromatic heterocycles. The van der Waals surface area contributed by atoms with Crippen LogP contribution in [0.1, 0.15) is 38.3 Å². The first kappa shape index (κ1) is 29.2. The number of nitrogens with one attached hydrogen (secondary N) is 1. The lowest BCUT2D eigenvalue weighted by Crippen LogP contribution is -2.53. The van der Waals surface area contributed by atoms with E-state index in [1.54, 1.807) is 50.2 Å². The van der Waals surface area contributed by atoms with Crippen LogP contribution in [0.15, 0.2) is 36.4 Å². The Kier molecular flexibility index (Phi) is 10.3. The van der Waals surface area contributed by atoms with Crippen molar-refractivity contribution in [2.45, 2.75) is 52.7 Å². The van der Waals surface area contributed by atoms with Crippen LogP contribution in [0.4, 0.5) is 5.69 Å². The molecule has 0 saturated carbocycles. The van der Waals surface area contributed by atoms with Gasteiger partial charge < -0.3 is 10.2 Å². The molecule has 2 amide bonds. The summed E-state index contributed by atoms with van der Waals surface area (Å²) in [6.07, 6.45) is 1.33. The van der Waals surface area contributed by atoms with Gasteiger partial charge in [0, 0.05) is 27.7 Å². The van der Waals surface area contributed by atoms with E-state index in [2.05, 4.69) is 5.32 Å². The fraction of sp³-hybridized carbons (Fsp3) is 0.417. The summed E-state index contributed by atoms with van der Waals surface area (Å²) >= 11 is 18.6. The zero-order chi connectivity index (χ0) is 26.5. The number of benzene rings is 2. The summed E-state index contributed by atoms with van der Waals surface area (Å²) in [5, 5.41) is 3.97. The lowest BCUT2D eigenvalue weighted by atomic mass is 10.1. The van der Waals surface area contributed by atoms with Crippen molar-refractivity contribution in [2.75, 3.05) is 17.1 Å². The molecule has 0 bridgehead atoms. The smallest absolute Gasteiger partial charge is 0.244 e. The van der Waals surface area contributed by atoms with Crippen LogP contribution in [0.3, 0.4) is 0 Å². The minimum atomic E-state index is -3.86. The Bertz CT molecular complexity index is 1190. The minimum Gasteiger partial charge on any atom is -0.352 e. The standard InChI is InChI=1S/C24H30Cl3N3O4S/c1-6-21(24(32)28-15(2)3)29(13-17-10-11-18(25)12-20(17)27)23(31)14-30(35(5,33)34)22-9-7-8-19(26)16(22)4/h7-12,15,21H,6,13-14H2,1-5H3,(H,28,32). The molecule has 1 unspecified atom stereocenters. The third-order valence-corrected chi connectivity index (χ3v) is 7.48. The van der Waals surface area contributed by atoms with Crippen molar-refractivity contribution >= 4 is 62.3 Å². The Labute approximate surface area is 222 Å². The quantitative estimate of drug-likeness (QED) is 0.439. The first-order valence-corrected chi connectivity index (χ1v) is 14.0. The van der Waals surface area contributed by atoms with Crippen LogP contribution in [0.25, 0.3) is 0 Å². The van der Waals surface area contributed by atoms with E-state index < -0.39 is 28.5 Å². The summed E-state index contributed by atoms with van der Waals surface area (Å²) in [6.45, 7) is 6.57. The van der Waals surface area contributed by atoms with E-state index in [9.17, 15) is 18.0 Å². The molecule has 0 saturated heterocycles. The van der Waals surface area contributed by atoms with Gasteiger partial charge in [0.15, 0.2) is 0 Å². The van der Waals surface area contributed by atoms with Gasteiger partial charge in [0.2, 0.25) is 21.8 Å². The van der Waals surface area contributed by atoms with Crippen molar-refractivity contribution in [2.24, 2.45) is 0 Å². The van der Waals surface area contributed by atoms with E-state index >= 15 is 0 Å². The molecule has 0 aliphatic heterocycles. The predicted molar refractivity (Wildman–Crippen MR) is 143 cm³/mol. The van der Waals surface area contributed by atoms with Gasteiger partial charge in [0.05, 0.1) is 11.9 Å². The topological polar surface area (TPSA) is 86.8 Å². The number of rotatable bonds is 10. The molecule has 0 aliphatic carbocycles. The molecule has 2 aromatic carbocycles. The SMILES string of the molecule is CCC(C(=O)NC(C)C)N(Cc1ccc(Cl)cc1Cl)C(=O)CN(c1cccc(Cl)c1C)S(C)(=O)=O. The van der Waals surface area contributed by atoms with Crippen molar-refractivity contribution in [1.82, 2.24) is 10.2 Å². The van der Waals surface area contributed by atoms with Gasteiger partial charge in [-0.25, -0.2) is 8.42 Å². The number of carbonyl (C=O) groups excluding carboxylic acids is 2. The maximum absolute atomic E-state index is 13.7. The second kappa shape index (κ2) is 12.3. The highest BCUT2D eigenvalue weighted by Crippen LogP contribution is 2.29. The van der Waals surface area contributed by atoms with Gasteiger partial charge in [-0.2, -0.15) is 0 Å². The second-order valence-corrected chi connectivity index (χ2v) is 11.7. The molecule has 11 heteroatoms. The van der Waals surface area contributed by atoms with Gasteiger partial charge in [-0.1, -0.05) is 53.9 Å². The van der Waals surface area contributed by atoms with E-state index in [-0.39, 0.29) is 24.2 Å². The van der Waals surface area contributed by atoms with E-state index in [0.29, 0.717) is 32.6 Å². The van der Waals surface area contributed by atoms with Crippen molar-refractivity contribution in [3.63, 3.8) is 0 Å². The highest BCUT2D eigenvalue weighted by molar-refractivity contribution is 7.92. The maximum atomic E-state index is 13.7. The zero-order valence-corrected chi connectivity index (χ0v) is 23.4. The molecule has 1 atom stereocenters. The van der Waals surface area contributed by atoms with Crippen LogP contribution >= 0.6 is 34.8 Å². The first-order chi connectivity index (χ1) is 16.3. The van der Waals surface area contributed by atoms with Crippen molar-refractivity contribution in [3.8, 4) is 0 Å². The number of amides is 2. The van der Waals surface area contributed by atoms with E-state index in [1.165, 1.54) is 4.90 Å². The summed E-state index contributed by atoms with van der Waals surface area (Å²) in [4.78, 5) is 28.0. The molecule has 0 aliphatic rings. The average Bonchev–Trinajstić information content (AvgIpc) is 2.74. The van der Waals surface area contributed by atoms with E-state index in [1.807, 2.05) is 13.8 Å². The van der Waals surface area contributed by atoms with Crippen molar-refractivity contribution in [1.29, 1.82) is 0 Å².